The fourth-order valence-electron chi connectivity index (χ4n) is 2.53. The highest BCUT2D eigenvalue weighted by Crippen LogP contribution is 2.18. The number of carboxylic acids is 1. The largest absolute Gasteiger partial charge is 0.481 e. The van der Waals surface area contributed by atoms with Crippen LogP contribution in [0.15, 0.2) is 18.2 Å². The first-order valence-electron chi connectivity index (χ1n) is 6.68. The van der Waals surface area contributed by atoms with E-state index in [-0.39, 0.29) is 12.3 Å². The molecule has 1 aliphatic heterocycles. The number of carbonyl (C=O) groups is 2. The zero-order chi connectivity index (χ0) is 14.7. The molecule has 1 N–H and O–H groups in total. The van der Waals surface area contributed by atoms with Gasteiger partial charge in [0.15, 0.2) is 0 Å². The van der Waals surface area contributed by atoms with E-state index in [0.29, 0.717) is 25.3 Å². The Hall–Kier alpha value is -1.88. The molecule has 0 aliphatic carbocycles. The van der Waals surface area contributed by atoms with Crippen molar-refractivity contribution < 1.29 is 19.4 Å². The van der Waals surface area contributed by atoms with Crippen molar-refractivity contribution in [1.29, 1.82) is 0 Å². The number of hydrogen-bond donors (Lipinski definition) is 1. The molecule has 20 heavy (non-hydrogen) atoms. The van der Waals surface area contributed by atoms with Gasteiger partial charge in [-0.1, -0.05) is 18.2 Å². The Morgan fingerprint density at radius 1 is 1.35 bits per heavy atom. The predicted molar refractivity (Wildman–Crippen MR) is 73.8 cm³/mol. The zero-order valence-electron chi connectivity index (χ0n) is 11.8. The lowest BCUT2D eigenvalue weighted by atomic mass is 10.0. The van der Waals surface area contributed by atoms with Gasteiger partial charge in [0, 0.05) is 18.7 Å². The van der Waals surface area contributed by atoms with Crippen LogP contribution < -0.4 is 0 Å². The average molecular weight is 277 g/mol. The van der Waals surface area contributed by atoms with Crippen molar-refractivity contribution in [3.8, 4) is 0 Å². The number of ether oxygens (including phenoxy) is 1. The Kier molecular flexibility index (Phi) is 4.39. The summed E-state index contributed by atoms with van der Waals surface area (Å²) in [5.74, 6) is -0.948. The van der Waals surface area contributed by atoms with Gasteiger partial charge in [0.25, 0.3) is 5.91 Å². The lowest BCUT2D eigenvalue weighted by molar-refractivity contribution is -0.141. The molecule has 1 fully saturated rings. The normalized spacial score (nSPS) is 18.9. The highest BCUT2D eigenvalue weighted by molar-refractivity contribution is 5.97. The Morgan fingerprint density at radius 3 is 2.60 bits per heavy atom. The second-order valence-electron chi connectivity index (χ2n) is 5.11. The van der Waals surface area contributed by atoms with Crippen molar-refractivity contribution in [1.82, 2.24) is 4.90 Å². The Balaban J connectivity index is 2.14. The maximum absolute atomic E-state index is 12.6. The summed E-state index contributed by atoms with van der Waals surface area (Å²) in [7, 11) is 0. The van der Waals surface area contributed by atoms with Crippen molar-refractivity contribution in [2.24, 2.45) is 0 Å². The summed E-state index contributed by atoms with van der Waals surface area (Å²) < 4.78 is 5.39. The zero-order valence-corrected chi connectivity index (χ0v) is 11.8. The molecule has 108 valence electrons. The third kappa shape index (κ3) is 3.17. The summed E-state index contributed by atoms with van der Waals surface area (Å²) in [5.41, 5.74) is 2.59. The Bertz CT molecular complexity index is 506. The number of carbonyl (C=O) groups excluding carboxylic acids is 1. The summed E-state index contributed by atoms with van der Waals surface area (Å²) in [4.78, 5) is 25.0. The fraction of sp³-hybridized carbons (Fsp3) is 0.467. The molecule has 1 saturated heterocycles. The first-order chi connectivity index (χ1) is 9.49. The van der Waals surface area contributed by atoms with E-state index in [1.807, 2.05) is 32.0 Å². The van der Waals surface area contributed by atoms with E-state index in [4.69, 9.17) is 9.84 Å². The highest BCUT2D eigenvalue weighted by Gasteiger charge is 2.27. The van der Waals surface area contributed by atoms with Crippen LogP contribution in [-0.2, 0) is 9.53 Å². The van der Waals surface area contributed by atoms with Gasteiger partial charge in [-0.15, -0.1) is 0 Å². The number of carboxylic acid groups (broad SMARTS) is 1. The average Bonchev–Trinajstić information content (AvgIpc) is 2.38. The number of benzene rings is 1. The highest BCUT2D eigenvalue weighted by atomic mass is 16.5. The standard InChI is InChI=1S/C15H19NO4/c1-10-4-3-5-11(2)14(10)15(19)16-6-7-20-12(9-16)8-13(17)18/h3-5,12H,6-9H2,1-2H3,(H,17,18). The molecule has 0 saturated carbocycles. The molecule has 0 aromatic heterocycles. The minimum Gasteiger partial charge on any atom is -0.481 e. The fourth-order valence-corrected chi connectivity index (χ4v) is 2.53. The van der Waals surface area contributed by atoms with Gasteiger partial charge in [-0.2, -0.15) is 0 Å². The third-order valence-electron chi connectivity index (χ3n) is 3.52. The van der Waals surface area contributed by atoms with Gasteiger partial charge >= 0.3 is 5.97 Å². The van der Waals surface area contributed by atoms with Gasteiger partial charge in [0.2, 0.25) is 0 Å². The smallest absolute Gasteiger partial charge is 0.306 e. The van der Waals surface area contributed by atoms with Crippen molar-refractivity contribution in [3.63, 3.8) is 0 Å². The number of nitrogens with zero attached hydrogens (tertiary/aromatic N) is 1. The van der Waals surface area contributed by atoms with Crippen molar-refractivity contribution in [3.05, 3.63) is 34.9 Å². The molecule has 0 spiro atoms. The second-order valence-corrected chi connectivity index (χ2v) is 5.11. The lowest BCUT2D eigenvalue weighted by Gasteiger charge is -2.33. The van der Waals surface area contributed by atoms with Crippen LogP contribution in [0.3, 0.4) is 0 Å². The van der Waals surface area contributed by atoms with Crippen LogP contribution in [0.25, 0.3) is 0 Å². The van der Waals surface area contributed by atoms with E-state index in [1.54, 1.807) is 4.90 Å². The summed E-state index contributed by atoms with van der Waals surface area (Å²) in [6.07, 6.45) is -0.495. The monoisotopic (exact) mass is 277 g/mol. The summed E-state index contributed by atoms with van der Waals surface area (Å²) in [6, 6.07) is 5.75. The van der Waals surface area contributed by atoms with Gasteiger partial charge in [-0.3, -0.25) is 9.59 Å². The van der Waals surface area contributed by atoms with E-state index in [1.165, 1.54) is 0 Å². The molecule has 1 aromatic carbocycles. The van der Waals surface area contributed by atoms with Crippen LogP contribution in [-0.4, -0.2) is 47.7 Å². The van der Waals surface area contributed by atoms with Crippen LogP contribution in [0.1, 0.15) is 27.9 Å². The first kappa shape index (κ1) is 14.5. The Labute approximate surface area is 118 Å². The van der Waals surface area contributed by atoms with E-state index in [9.17, 15) is 9.59 Å². The molecule has 1 aliphatic rings. The third-order valence-corrected chi connectivity index (χ3v) is 3.52. The predicted octanol–water partition coefficient (Wildman–Crippen LogP) is 1.62. The van der Waals surface area contributed by atoms with E-state index in [2.05, 4.69) is 0 Å². The van der Waals surface area contributed by atoms with E-state index >= 15 is 0 Å². The van der Waals surface area contributed by atoms with E-state index < -0.39 is 12.1 Å². The second kappa shape index (κ2) is 6.05. The molecule has 5 nitrogen and oxygen atoms in total. The van der Waals surface area contributed by atoms with Gasteiger partial charge in [0.05, 0.1) is 19.1 Å². The minimum atomic E-state index is -0.906. The molecule has 2 rings (SSSR count). The number of hydrogen-bond acceptors (Lipinski definition) is 3. The molecule has 1 amide bonds. The van der Waals surface area contributed by atoms with Gasteiger partial charge in [-0.25, -0.2) is 0 Å². The van der Waals surface area contributed by atoms with Crippen molar-refractivity contribution in [2.45, 2.75) is 26.4 Å². The maximum Gasteiger partial charge on any atom is 0.306 e. The van der Waals surface area contributed by atoms with Crippen molar-refractivity contribution in [2.75, 3.05) is 19.7 Å². The van der Waals surface area contributed by atoms with Crippen LogP contribution in [0.5, 0.6) is 0 Å². The van der Waals surface area contributed by atoms with Crippen LogP contribution in [0.2, 0.25) is 0 Å². The van der Waals surface area contributed by atoms with Crippen LogP contribution in [0, 0.1) is 13.8 Å². The van der Waals surface area contributed by atoms with Gasteiger partial charge in [0.1, 0.15) is 0 Å². The molecule has 5 heteroatoms. The van der Waals surface area contributed by atoms with Crippen LogP contribution >= 0.6 is 0 Å². The number of morpholine rings is 1. The molecular formula is C15H19NO4. The first-order valence-corrected chi connectivity index (χ1v) is 6.68. The topological polar surface area (TPSA) is 66.8 Å². The summed E-state index contributed by atoms with van der Waals surface area (Å²) >= 11 is 0. The summed E-state index contributed by atoms with van der Waals surface area (Å²) in [5, 5.41) is 8.81. The minimum absolute atomic E-state index is 0.0423. The van der Waals surface area contributed by atoms with Gasteiger partial charge < -0.3 is 14.7 Å². The molecular weight excluding hydrogens is 258 g/mol. The molecule has 1 aromatic rings. The molecule has 1 heterocycles. The molecule has 0 radical (unpaired) electrons. The maximum atomic E-state index is 12.6. The molecule has 1 atom stereocenters. The number of amides is 1. The molecule has 1 unspecified atom stereocenters. The quantitative estimate of drug-likeness (QED) is 0.911. The SMILES string of the molecule is Cc1cccc(C)c1C(=O)N1CCOC(CC(=O)O)C1. The Morgan fingerprint density at radius 2 is 2.00 bits per heavy atom. The van der Waals surface area contributed by atoms with E-state index in [0.717, 1.165) is 11.1 Å². The van der Waals surface area contributed by atoms with Crippen molar-refractivity contribution >= 4 is 11.9 Å². The van der Waals surface area contributed by atoms with Crippen LogP contribution in [0.4, 0.5) is 0 Å². The van der Waals surface area contributed by atoms with Gasteiger partial charge in [-0.05, 0) is 25.0 Å². The summed E-state index contributed by atoms with van der Waals surface area (Å²) in [6.45, 7) is 5.04. The number of rotatable bonds is 3. The number of aliphatic carboxylic acids is 1. The lowest BCUT2D eigenvalue weighted by Crippen LogP contribution is -2.46. The number of aryl methyl sites for hydroxylation is 2. The molecule has 0 bridgehead atoms.